The summed E-state index contributed by atoms with van der Waals surface area (Å²) in [5.74, 6) is 0.941. The fourth-order valence-corrected chi connectivity index (χ4v) is 3.62. The van der Waals surface area contributed by atoms with Gasteiger partial charge in [0.1, 0.15) is 5.69 Å². The van der Waals surface area contributed by atoms with Gasteiger partial charge >= 0.3 is 6.03 Å². The second-order valence-electron chi connectivity index (χ2n) is 6.56. The molecule has 0 saturated carbocycles. The third-order valence-electron chi connectivity index (χ3n) is 4.89. The molecule has 3 heterocycles. The molecule has 7 nitrogen and oxygen atoms in total. The van der Waals surface area contributed by atoms with Crippen molar-refractivity contribution < 1.29 is 14.3 Å². The summed E-state index contributed by atoms with van der Waals surface area (Å²) in [5, 5.41) is 5.87. The Balaban J connectivity index is 1.56. The first-order valence-corrected chi connectivity index (χ1v) is 9.22. The normalized spacial score (nSPS) is 21.9. The molecule has 7 heteroatoms. The number of pyridine rings is 1. The van der Waals surface area contributed by atoms with Gasteiger partial charge in [-0.3, -0.25) is 4.90 Å². The number of hydrogen-bond acceptors (Lipinski definition) is 5. The summed E-state index contributed by atoms with van der Waals surface area (Å²) >= 11 is 0. The molecule has 0 aliphatic carbocycles. The van der Waals surface area contributed by atoms with E-state index in [0.29, 0.717) is 36.7 Å². The third-order valence-corrected chi connectivity index (χ3v) is 4.89. The van der Waals surface area contributed by atoms with Crippen LogP contribution in [0.3, 0.4) is 0 Å². The molecule has 2 N–H and O–H groups in total. The molecule has 0 aromatic carbocycles. The van der Waals surface area contributed by atoms with E-state index in [0.717, 1.165) is 32.7 Å². The number of aromatic nitrogens is 1. The molecule has 1 aromatic heterocycles. The van der Waals surface area contributed by atoms with Gasteiger partial charge in [-0.15, -0.1) is 0 Å². The van der Waals surface area contributed by atoms with Gasteiger partial charge in [0, 0.05) is 31.3 Å². The van der Waals surface area contributed by atoms with E-state index in [9.17, 15) is 4.79 Å². The smallest absolute Gasteiger partial charge is 0.319 e. The molecule has 2 atom stereocenters. The number of amides is 2. The van der Waals surface area contributed by atoms with E-state index in [1.54, 1.807) is 18.3 Å². The Labute approximate surface area is 149 Å². The molecule has 2 saturated heterocycles. The molecule has 0 spiro atoms. The van der Waals surface area contributed by atoms with Crippen LogP contribution in [0.2, 0.25) is 0 Å². The van der Waals surface area contributed by atoms with Crippen LogP contribution in [0.15, 0.2) is 18.3 Å². The molecule has 138 valence electrons. The number of rotatable bonds is 7. The van der Waals surface area contributed by atoms with E-state index in [1.807, 2.05) is 6.92 Å². The first-order valence-electron chi connectivity index (χ1n) is 9.22. The molecule has 2 amide bonds. The summed E-state index contributed by atoms with van der Waals surface area (Å²) < 4.78 is 11.0. The number of nitrogens with zero attached hydrogens (tertiary/aromatic N) is 2. The fourth-order valence-electron chi connectivity index (χ4n) is 3.62. The van der Waals surface area contributed by atoms with Crippen LogP contribution in [0, 0.1) is 5.92 Å². The Bertz CT molecular complexity index is 541. The van der Waals surface area contributed by atoms with Crippen molar-refractivity contribution in [3.63, 3.8) is 0 Å². The van der Waals surface area contributed by atoms with E-state index in [1.165, 1.54) is 12.8 Å². The van der Waals surface area contributed by atoms with Gasteiger partial charge in [0.15, 0.2) is 0 Å². The molecule has 1 aromatic rings. The quantitative estimate of drug-likeness (QED) is 0.789. The largest absolute Gasteiger partial charge is 0.476 e. The van der Waals surface area contributed by atoms with Crippen LogP contribution in [0.1, 0.15) is 26.2 Å². The molecule has 25 heavy (non-hydrogen) atoms. The summed E-state index contributed by atoms with van der Waals surface area (Å²) in [6.45, 7) is 6.87. The van der Waals surface area contributed by atoms with Crippen molar-refractivity contribution in [1.82, 2.24) is 15.2 Å². The zero-order chi connectivity index (χ0) is 17.5. The molecule has 0 bridgehead atoms. The number of ether oxygens (including phenoxy) is 2. The predicted octanol–water partition coefficient (Wildman–Crippen LogP) is 2.10. The van der Waals surface area contributed by atoms with Crippen LogP contribution in [0.25, 0.3) is 0 Å². The Hall–Kier alpha value is -1.86. The summed E-state index contributed by atoms with van der Waals surface area (Å²) in [6, 6.07) is 3.69. The third kappa shape index (κ3) is 4.83. The second-order valence-corrected chi connectivity index (χ2v) is 6.56. The Morgan fingerprint density at radius 2 is 2.32 bits per heavy atom. The lowest BCUT2D eigenvalue weighted by molar-refractivity contribution is 0.135. The van der Waals surface area contributed by atoms with E-state index in [-0.39, 0.29) is 6.03 Å². The minimum Gasteiger partial charge on any atom is -0.476 e. The lowest BCUT2D eigenvalue weighted by Crippen LogP contribution is -2.48. The lowest BCUT2D eigenvalue weighted by Gasteiger charge is -2.32. The molecule has 0 unspecified atom stereocenters. The van der Waals surface area contributed by atoms with Crippen LogP contribution in [0.4, 0.5) is 10.5 Å². The van der Waals surface area contributed by atoms with Gasteiger partial charge in [-0.2, -0.15) is 0 Å². The van der Waals surface area contributed by atoms with Crippen LogP contribution in [-0.2, 0) is 4.74 Å². The van der Waals surface area contributed by atoms with E-state index in [2.05, 4.69) is 20.5 Å². The number of likely N-dealkylation sites (tertiary alicyclic amines) is 1. The van der Waals surface area contributed by atoms with Crippen LogP contribution < -0.4 is 15.4 Å². The highest BCUT2D eigenvalue weighted by molar-refractivity contribution is 5.90. The molecular formula is C18H28N4O3. The van der Waals surface area contributed by atoms with Gasteiger partial charge in [-0.05, 0) is 51.4 Å². The topological polar surface area (TPSA) is 75.7 Å². The highest BCUT2D eigenvalue weighted by Gasteiger charge is 2.32. The summed E-state index contributed by atoms with van der Waals surface area (Å²) in [4.78, 5) is 19.0. The molecule has 2 fully saturated rings. The maximum absolute atomic E-state index is 12.3. The second kappa shape index (κ2) is 9.01. The number of carbonyl (C=O) groups is 1. The van der Waals surface area contributed by atoms with Crippen molar-refractivity contribution in [2.45, 2.75) is 32.2 Å². The summed E-state index contributed by atoms with van der Waals surface area (Å²) in [6.07, 6.45) is 5.20. The molecule has 0 radical (unpaired) electrons. The zero-order valence-corrected chi connectivity index (χ0v) is 14.9. The Morgan fingerprint density at radius 3 is 3.04 bits per heavy atom. The van der Waals surface area contributed by atoms with Crippen LogP contribution in [-0.4, -0.2) is 61.4 Å². The number of hydrogen-bond donors (Lipinski definition) is 2. The summed E-state index contributed by atoms with van der Waals surface area (Å²) in [5.41, 5.74) is 0.587. The van der Waals surface area contributed by atoms with Crippen molar-refractivity contribution in [2.75, 3.05) is 44.8 Å². The van der Waals surface area contributed by atoms with Gasteiger partial charge in [0.05, 0.1) is 13.2 Å². The average Bonchev–Trinajstić information content (AvgIpc) is 3.31. The fraction of sp³-hybridized carbons (Fsp3) is 0.667. The Kier molecular flexibility index (Phi) is 6.47. The number of urea groups is 1. The van der Waals surface area contributed by atoms with E-state index < -0.39 is 0 Å². The molecule has 2 aliphatic rings. The SMILES string of the molecule is CCOc1ncccc1NC(=O)NC[C@@H]([C@H]1CCOC1)N1CCCC1. The highest BCUT2D eigenvalue weighted by Crippen LogP contribution is 2.24. The average molecular weight is 348 g/mol. The Morgan fingerprint density at radius 1 is 1.48 bits per heavy atom. The van der Waals surface area contributed by atoms with E-state index >= 15 is 0 Å². The molecule has 3 rings (SSSR count). The minimum atomic E-state index is -0.225. The lowest BCUT2D eigenvalue weighted by atomic mass is 9.97. The first-order chi connectivity index (χ1) is 12.3. The maximum atomic E-state index is 12.3. The highest BCUT2D eigenvalue weighted by atomic mass is 16.5. The van der Waals surface area contributed by atoms with Crippen molar-refractivity contribution in [3.05, 3.63) is 18.3 Å². The first kappa shape index (κ1) is 17.9. The van der Waals surface area contributed by atoms with Crippen molar-refractivity contribution in [1.29, 1.82) is 0 Å². The zero-order valence-electron chi connectivity index (χ0n) is 14.9. The number of carbonyl (C=O) groups excluding carboxylic acids is 1. The summed E-state index contributed by atoms with van der Waals surface area (Å²) in [7, 11) is 0. The van der Waals surface area contributed by atoms with Crippen LogP contribution >= 0.6 is 0 Å². The molecular weight excluding hydrogens is 320 g/mol. The number of anilines is 1. The van der Waals surface area contributed by atoms with Crippen molar-refractivity contribution in [3.8, 4) is 5.88 Å². The van der Waals surface area contributed by atoms with Gasteiger partial charge < -0.3 is 20.1 Å². The monoisotopic (exact) mass is 348 g/mol. The van der Waals surface area contributed by atoms with Crippen LogP contribution in [0.5, 0.6) is 5.88 Å². The number of nitrogens with one attached hydrogen (secondary N) is 2. The molecule has 2 aliphatic heterocycles. The van der Waals surface area contributed by atoms with Gasteiger partial charge in [0.2, 0.25) is 5.88 Å². The van der Waals surface area contributed by atoms with E-state index in [4.69, 9.17) is 9.47 Å². The van der Waals surface area contributed by atoms with Gasteiger partial charge in [-0.25, -0.2) is 9.78 Å². The minimum absolute atomic E-state index is 0.225. The standard InChI is InChI=1S/C18H28N4O3/c1-2-25-17-15(6-5-8-19-17)21-18(23)20-12-16(14-7-11-24-13-14)22-9-3-4-10-22/h5-6,8,14,16H,2-4,7,9-13H2,1H3,(H2,20,21,23)/t14-,16-/m0/s1. The van der Waals surface area contributed by atoms with Crippen molar-refractivity contribution >= 4 is 11.7 Å². The van der Waals surface area contributed by atoms with Gasteiger partial charge in [0.25, 0.3) is 0 Å². The van der Waals surface area contributed by atoms with Crippen molar-refractivity contribution in [2.24, 2.45) is 5.92 Å². The predicted molar refractivity (Wildman–Crippen MR) is 95.9 cm³/mol. The maximum Gasteiger partial charge on any atom is 0.319 e. The van der Waals surface area contributed by atoms with Gasteiger partial charge in [-0.1, -0.05) is 0 Å².